The minimum atomic E-state index is -0.0560. The normalized spacial score (nSPS) is 14.5. The number of nitrogens with one attached hydrogen (secondary N) is 1. The van der Waals surface area contributed by atoms with E-state index >= 15 is 0 Å². The minimum Gasteiger partial charge on any atom is -0.495 e. The van der Waals surface area contributed by atoms with Crippen molar-refractivity contribution in [2.45, 2.75) is 13.8 Å². The van der Waals surface area contributed by atoms with Gasteiger partial charge in [-0.15, -0.1) is 0 Å². The molecular weight excluding hydrogens is 328 g/mol. The van der Waals surface area contributed by atoms with Crippen LogP contribution in [-0.4, -0.2) is 44.2 Å². The van der Waals surface area contributed by atoms with Crippen LogP contribution in [0.15, 0.2) is 42.6 Å². The maximum absolute atomic E-state index is 11.7. The second kappa shape index (κ2) is 8.08. The summed E-state index contributed by atoms with van der Waals surface area (Å²) in [5.41, 5.74) is 2.21. The maximum atomic E-state index is 11.7. The number of benzene rings is 1. The van der Waals surface area contributed by atoms with Crippen LogP contribution in [0.25, 0.3) is 0 Å². The molecule has 1 aromatic carbocycles. The summed E-state index contributed by atoms with van der Waals surface area (Å²) in [4.78, 5) is 20.8. The molecule has 0 saturated carbocycles. The molecule has 2 aromatic rings. The van der Waals surface area contributed by atoms with Gasteiger partial charge in [0, 0.05) is 32.1 Å². The monoisotopic (exact) mass is 354 g/mol. The molecule has 1 saturated heterocycles. The molecule has 0 unspecified atom stereocenters. The van der Waals surface area contributed by atoms with E-state index in [1.165, 1.54) is 0 Å². The Morgan fingerprint density at radius 1 is 1.08 bits per heavy atom. The lowest BCUT2D eigenvalue weighted by Gasteiger charge is -2.37. The second-order valence-electron chi connectivity index (χ2n) is 6.69. The van der Waals surface area contributed by atoms with Crippen LogP contribution in [0.3, 0.4) is 0 Å². The number of ether oxygens (including phenoxy) is 1. The fourth-order valence-electron chi connectivity index (χ4n) is 3.01. The highest BCUT2D eigenvalue weighted by Gasteiger charge is 2.20. The zero-order valence-electron chi connectivity index (χ0n) is 15.6. The summed E-state index contributed by atoms with van der Waals surface area (Å²) in [6, 6.07) is 12.0. The number of pyridine rings is 1. The molecule has 6 heteroatoms. The Morgan fingerprint density at radius 3 is 2.38 bits per heavy atom. The molecule has 1 amide bonds. The van der Waals surface area contributed by atoms with Crippen LogP contribution in [0.1, 0.15) is 13.8 Å². The number of aromatic nitrogens is 1. The Hall–Kier alpha value is -2.76. The van der Waals surface area contributed by atoms with E-state index in [1.807, 2.05) is 50.4 Å². The van der Waals surface area contributed by atoms with Crippen molar-refractivity contribution in [3.8, 4) is 5.75 Å². The van der Waals surface area contributed by atoms with E-state index < -0.39 is 0 Å². The lowest BCUT2D eigenvalue weighted by Crippen LogP contribution is -2.46. The largest absolute Gasteiger partial charge is 0.495 e. The number of amides is 1. The van der Waals surface area contributed by atoms with Gasteiger partial charge in [0.1, 0.15) is 11.6 Å². The van der Waals surface area contributed by atoms with Gasteiger partial charge in [-0.2, -0.15) is 0 Å². The summed E-state index contributed by atoms with van der Waals surface area (Å²) in [7, 11) is 1.71. The first-order valence-electron chi connectivity index (χ1n) is 8.98. The number of para-hydroxylation sites is 2. The number of carbonyl (C=O) groups excluding carboxylic acids is 1. The van der Waals surface area contributed by atoms with Gasteiger partial charge in [0.25, 0.3) is 0 Å². The number of piperazine rings is 1. The average Bonchev–Trinajstić information content (AvgIpc) is 2.68. The third-order valence-electron chi connectivity index (χ3n) is 4.59. The lowest BCUT2D eigenvalue weighted by molar-refractivity contribution is -0.118. The number of nitrogens with zero attached hydrogens (tertiary/aromatic N) is 3. The molecule has 0 spiro atoms. The first-order chi connectivity index (χ1) is 12.6. The van der Waals surface area contributed by atoms with E-state index in [0.29, 0.717) is 5.82 Å². The zero-order valence-corrected chi connectivity index (χ0v) is 15.6. The Bertz CT molecular complexity index is 738. The Balaban J connectivity index is 1.60. The van der Waals surface area contributed by atoms with Gasteiger partial charge in [-0.05, 0) is 24.3 Å². The quantitative estimate of drug-likeness (QED) is 0.894. The van der Waals surface area contributed by atoms with Crippen molar-refractivity contribution in [3.63, 3.8) is 0 Å². The van der Waals surface area contributed by atoms with Crippen molar-refractivity contribution >= 4 is 23.1 Å². The van der Waals surface area contributed by atoms with Crippen LogP contribution in [0.2, 0.25) is 0 Å². The summed E-state index contributed by atoms with van der Waals surface area (Å²) in [5.74, 6) is 1.43. The Morgan fingerprint density at radius 2 is 1.77 bits per heavy atom. The van der Waals surface area contributed by atoms with Gasteiger partial charge < -0.3 is 19.9 Å². The number of hydrogen-bond donors (Lipinski definition) is 1. The van der Waals surface area contributed by atoms with Crippen molar-refractivity contribution in [2.75, 3.05) is 48.4 Å². The highest BCUT2D eigenvalue weighted by molar-refractivity contribution is 5.91. The van der Waals surface area contributed by atoms with E-state index in [1.54, 1.807) is 7.11 Å². The molecule has 1 aliphatic rings. The van der Waals surface area contributed by atoms with E-state index in [2.05, 4.69) is 26.2 Å². The van der Waals surface area contributed by atoms with Crippen molar-refractivity contribution in [1.29, 1.82) is 0 Å². The third-order valence-corrected chi connectivity index (χ3v) is 4.59. The zero-order chi connectivity index (χ0) is 18.5. The summed E-state index contributed by atoms with van der Waals surface area (Å²) in [6.07, 6.45) is 1.83. The summed E-state index contributed by atoms with van der Waals surface area (Å²) >= 11 is 0. The van der Waals surface area contributed by atoms with E-state index in [9.17, 15) is 4.79 Å². The van der Waals surface area contributed by atoms with Crippen molar-refractivity contribution < 1.29 is 9.53 Å². The predicted octanol–water partition coefficient (Wildman–Crippen LogP) is 3.01. The molecule has 0 radical (unpaired) electrons. The van der Waals surface area contributed by atoms with E-state index in [-0.39, 0.29) is 11.8 Å². The highest BCUT2D eigenvalue weighted by atomic mass is 16.5. The number of anilines is 3. The van der Waals surface area contributed by atoms with Gasteiger partial charge in [0.15, 0.2) is 0 Å². The van der Waals surface area contributed by atoms with Crippen LogP contribution in [-0.2, 0) is 4.79 Å². The predicted molar refractivity (Wildman–Crippen MR) is 105 cm³/mol. The number of carbonyl (C=O) groups is 1. The Labute approximate surface area is 154 Å². The number of rotatable bonds is 5. The number of methoxy groups -OCH3 is 1. The molecule has 2 heterocycles. The maximum Gasteiger partial charge on any atom is 0.228 e. The Kier molecular flexibility index (Phi) is 5.61. The first kappa shape index (κ1) is 18.0. The molecule has 26 heavy (non-hydrogen) atoms. The molecular formula is C20H26N4O2. The van der Waals surface area contributed by atoms with Gasteiger partial charge in [-0.25, -0.2) is 4.98 Å². The average molecular weight is 354 g/mol. The lowest BCUT2D eigenvalue weighted by atomic mass is 10.2. The SMILES string of the molecule is COc1ccccc1N1CCN(c2ccc(NC(=O)C(C)C)nc2)CC1. The van der Waals surface area contributed by atoms with Gasteiger partial charge in [-0.3, -0.25) is 4.79 Å². The highest BCUT2D eigenvalue weighted by Crippen LogP contribution is 2.29. The van der Waals surface area contributed by atoms with Crippen molar-refractivity contribution in [3.05, 3.63) is 42.6 Å². The molecule has 138 valence electrons. The molecule has 6 nitrogen and oxygen atoms in total. The third kappa shape index (κ3) is 4.07. The standard InChI is InChI=1S/C20H26N4O2/c1-15(2)20(25)22-19-9-8-16(14-21-19)23-10-12-24(13-11-23)17-6-4-5-7-18(17)26-3/h4-9,14-15H,10-13H2,1-3H3,(H,21,22,25). The first-order valence-corrected chi connectivity index (χ1v) is 8.98. The second-order valence-corrected chi connectivity index (χ2v) is 6.69. The summed E-state index contributed by atoms with van der Waals surface area (Å²) in [5, 5.41) is 2.82. The van der Waals surface area contributed by atoms with Crippen LogP contribution in [0.4, 0.5) is 17.2 Å². The smallest absolute Gasteiger partial charge is 0.228 e. The molecule has 0 aliphatic carbocycles. The van der Waals surface area contributed by atoms with Crippen LogP contribution >= 0.6 is 0 Å². The van der Waals surface area contributed by atoms with Gasteiger partial charge in [0.05, 0.1) is 24.7 Å². The van der Waals surface area contributed by atoms with E-state index in [4.69, 9.17) is 4.74 Å². The van der Waals surface area contributed by atoms with Crippen LogP contribution < -0.4 is 19.9 Å². The van der Waals surface area contributed by atoms with Crippen LogP contribution in [0, 0.1) is 5.92 Å². The molecule has 0 bridgehead atoms. The van der Waals surface area contributed by atoms with Crippen molar-refractivity contribution in [2.24, 2.45) is 5.92 Å². The summed E-state index contributed by atoms with van der Waals surface area (Å²) in [6.45, 7) is 7.41. The number of hydrogen-bond acceptors (Lipinski definition) is 5. The molecule has 3 rings (SSSR count). The molecule has 1 N–H and O–H groups in total. The molecule has 1 fully saturated rings. The van der Waals surface area contributed by atoms with Gasteiger partial charge in [-0.1, -0.05) is 26.0 Å². The van der Waals surface area contributed by atoms with Gasteiger partial charge >= 0.3 is 0 Å². The molecule has 0 atom stereocenters. The van der Waals surface area contributed by atoms with Crippen molar-refractivity contribution in [1.82, 2.24) is 4.98 Å². The van der Waals surface area contributed by atoms with Gasteiger partial charge in [0.2, 0.25) is 5.91 Å². The molecule has 1 aromatic heterocycles. The van der Waals surface area contributed by atoms with E-state index in [0.717, 1.165) is 43.3 Å². The fraction of sp³-hybridized carbons (Fsp3) is 0.400. The topological polar surface area (TPSA) is 57.7 Å². The van der Waals surface area contributed by atoms with Crippen LogP contribution in [0.5, 0.6) is 5.75 Å². The summed E-state index contributed by atoms with van der Waals surface area (Å²) < 4.78 is 5.47. The minimum absolute atomic E-state index is 0.0179. The fourth-order valence-corrected chi connectivity index (χ4v) is 3.01. The molecule has 1 aliphatic heterocycles.